The number of carbonyl (C=O) groups excluding carboxylic acids is 1. The maximum atomic E-state index is 12.8. The molecule has 0 amide bonds. The molecule has 124 valence electrons. The molecule has 0 spiro atoms. The van der Waals surface area contributed by atoms with Gasteiger partial charge in [0.25, 0.3) is 0 Å². The summed E-state index contributed by atoms with van der Waals surface area (Å²) in [7, 11) is 2.61. The van der Waals surface area contributed by atoms with Gasteiger partial charge < -0.3 is 19.7 Å². The quantitative estimate of drug-likeness (QED) is 0.782. The Morgan fingerprint density at radius 3 is 2.00 bits per heavy atom. The molecule has 0 heterocycles. The lowest BCUT2D eigenvalue weighted by Gasteiger charge is -2.14. The average Bonchev–Trinajstić information content (AvgIpc) is 2.59. The molecule has 0 aliphatic carbocycles. The second kappa shape index (κ2) is 6.82. The Morgan fingerprint density at radius 2 is 1.46 bits per heavy atom. The van der Waals surface area contributed by atoms with Crippen LogP contribution >= 0.6 is 0 Å². The van der Waals surface area contributed by atoms with Gasteiger partial charge in [-0.15, -0.1) is 0 Å². The lowest BCUT2D eigenvalue weighted by molar-refractivity contribution is 0.0692. The second-order valence-electron chi connectivity index (χ2n) is 4.74. The Hall–Kier alpha value is -3.35. The largest absolute Gasteiger partial charge is 0.496 e. The van der Waals surface area contributed by atoms with Gasteiger partial charge in [0.1, 0.15) is 11.5 Å². The molecular formula is C17H14O7. The Morgan fingerprint density at radius 1 is 0.833 bits per heavy atom. The van der Waals surface area contributed by atoms with Crippen LogP contribution in [0, 0.1) is 0 Å². The summed E-state index contributed by atoms with van der Waals surface area (Å²) in [6.07, 6.45) is 0. The summed E-state index contributed by atoms with van der Waals surface area (Å²) in [5.41, 5.74) is -0.841. The molecule has 0 unspecified atom stereocenters. The number of hydrogen-bond acceptors (Lipinski definition) is 5. The molecule has 0 saturated heterocycles. The van der Waals surface area contributed by atoms with Crippen LogP contribution < -0.4 is 9.47 Å². The van der Waals surface area contributed by atoms with Crippen LogP contribution in [0.25, 0.3) is 0 Å². The summed E-state index contributed by atoms with van der Waals surface area (Å²) >= 11 is 0. The zero-order valence-corrected chi connectivity index (χ0v) is 12.9. The number of carbonyl (C=O) groups is 3. The van der Waals surface area contributed by atoms with Gasteiger partial charge in [0, 0.05) is 0 Å². The van der Waals surface area contributed by atoms with Gasteiger partial charge in [-0.25, -0.2) is 9.59 Å². The van der Waals surface area contributed by atoms with E-state index in [2.05, 4.69) is 0 Å². The monoisotopic (exact) mass is 330 g/mol. The van der Waals surface area contributed by atoms with Crippen LogP contribution in [0.4, 0.5) is 0 Å². The fourth-order valence-corrected chi connectivity index (χ4v) is 2.27. The molecule has 7 heteroatoms. The van der Waals surface area contributed by atoms with Crippen molar-refractivity contribution in [1.29, 1.82) is 0 Å². The van der Waals surface area contributed by atoms with E-state index in [0.717, 1.165) is 12.1 Å². The second-order valence-corrected chi connectivity index (χ2v) is 4.74. The Balaban J connectivity index is 2.74. The van der Waals surface area contributed by atoms with E-state index in [9.17, 15) is 19.5 Å². The van der Waals surface area contributed by atoms with Crippen molar-refractivity contribution >= 4 is 17.7 Å². The zero-order valence-electron chi connectivity index (χ0n) is 12.9. The molecule has 0 atom stereocenters. The summed E-state index contributed by atoms with van der Waals surface area (Å²) in [6.45, 7) is 0. The van der Waals surface area contributed by atoms with Crippen molar-refractivity contribution in [2.24, 2.45) is 0 Å². The highest BCUT2D eigenvalue weighted by molar-refractivity contribution is 6.17. The normalized spacial score (nSPS) is 10.1. The van der Waals surface area contributed by atoms with E-state index in [0.29, 0.717) is 0 Å². The van der Waals surface area contributed by atoms with Gasteiger partial charge in [0.15, 0.2) is 0 Å². The molecule has 2 aromatic carbocycles. The first-order valence-corrected chi connectivity index (χ1v) is 6.77. The SMILES string of the molecule is COc1ccccc1C(=O)c1c(OC)cc(C(=O)O)cc1C(=O)O. The fourth-order valence-electron chi connectivity index (χ4n) is 2.27. The summed E-state index contributed by atoms with van der Waals surface area (Å²) < 4.78 is 10.2. The van der Waals surface area contributed by atoms with Crippen LogP contribution in [0.1, 0.15) is 36.6 Å². The smallest absolute Gasteiger partial charge is 0.336 e. The third-order valence-electron chi connectivity index (χ3n) is 3.38. The van der Waals surface area contributed by atoms with Crippen LogP contribution in [0.2, 0.25) is 0 Å². The van der Waals surface area contributed by atoms with Gasteiger partial charge >= 0.3 is 11.9 Å². The summed E-state index contributed by atoms with van der Waals surface area (Å²) in [5.74, 6) is -3.27. The Kier molecular flexibility index (Phi) is 4.84. The third kappa shape index (κ3) is 3.05. The molecular weight excluding hydrogens is 316 g/mol. The summed E-state index contributed by atoms with van der Waals surface area (Å²) in [6, 6.07) is 8.35. The first-order chi connectivity index (χ1) is 11.4. The third-order valence-corrected chi connectivity index (χ3v) is 3.38. The van der Waals surface area contributed by atoms with Gasteiger partial charge in [-0.3, -0.25) is 4.79 Å². The van der Waals surface area contributed by atoms with E-state index in [1.807, 2.05) is 0 Å². The summed E-state index contributed by atoms with van der Waals surface area (Å²) in [4.78, 5) is 35.5. The highest BCUT2D eigenvalue weighted by Gasteiger charge is 2.27. The molecule has 0 fully saturated rings. The van der Waals surface area contributed by atoms with E-state index in [4.69, 9.17) is 14.6 Å². The number of ether oxygens (including phenoxy) is 2. The maximum absolute atomic E-state index is 12.8. The van der Waals surface area contributed by atoms with Crippen LogP contribution in [-0.2, 0) is 0 Å². The van der Waals surface area contributed by atoms with E-state index in [1.54, 1.807) is 18.2 Å². The number of carboxylic acids is 2. The van der Waals surface area contributed by atoms with Crippen molar-refractivity contribution in [2.75, 3.05) is 14.2 Å². The molecule has 24 heavy (non-hydrogen) atoms. The lowest BCUT2D eigenvalue weighted by atomic mass is 9.94. The molecule has 2 N–H and O–H groups in total. The van der Waals surface area contributed by atoms with Crippen LogP contribution in [0.15, 0.2) is 36.4 Å². The Labute approximate surface area is 137 Å². The topological polar surface area (TPSA) is 110 Å². The van der Waals surface area contributed by atoms with Crippen molar-refractivity contribution in [3.8, 4) is 11.5 Å². The van der Waals surface area contributed by atoms with Gasteiger partial charge in [0.05, 0.1) is 36.5 Å². The average molecular weight is 330 g/mol. The van der Waals surface area contributed by atoms with Crippen molar-refractivity contribution in [3.63, 3.8) is 0 Å². The van der Waals surface area contributed by atoms with Crippen LogP contribution in [-0.4, -0.2) is 42.2 Å². The number of para-hydroxylation sites is 1. The molecule has 0 aromatic heterocycles. The van der Waals surface area contributed by atoms with Crippen LogP contribution in [0.5, 0.6) is 11.5 Å². The Bertz CT molecular complexity index is 824. The number of methoxy groups -OCH3 is 2. The molecule has 0 bridgehead atoms. The van der Waals surface area contributed by atoms with Gasteiger partial charge in [-0.05, 0) is 24.3 Å². The van der Waals surface area contributed by atoms with Gasteiger partial charge in [0.2, 0.25) is 5.78 Å². The summed E-state index contributed by atoms with van der Waals surface area (Å²) in [5, 5.41) is 18.5. The minimum Gasteiger partial charge on any atom is -0.496 e. The molecule has 2 aromatic rings. The number of benzene rings is 2. The minimum atomic E-state index is -1.44. The molecule has 7 nitrogen and oxygen atoms in total. The number of hydrogen-bond donors (Lipinski definition) is 2. The first-order valence-electron chi connectivity index (χ1n) is 6.77. The lowest BCUT2D eigenvalue weighted by Crippen LogP contribution is -2.14. The van der Waals surface area contributed by atoms with E-state index >= 15 is 0 Å². The van der Waals surface area contributed by atoms with E-state index in [1.165, 1.54) is 20.3 Å². The van der Waals surface area contributed by atoms with Crippen molar-refractivity contribution in [3.05, 3.63) is 58.7 Å². The highest BCUT2D eigenvalue weighted by atomic mass is 16.5. The standard InChI is InChI=1S/C17H14O7/c1-23-12-6-4-3-5-10(12)15(18)14-11(17(21)22)7-9(16(19)20)8-13(14)24-2/h3-8H,1-2H3,(H,19,20)(H,21,22). The van der Waals surface area contributed by atoms with Crippen LogP contribution in [0.3, 0.4) is 0 Å². The number of rotatable bonds is 6. The predicted octanol–water partition coefficient (Wildman–Crippen LogP) is 2.33. The molecule has 0 aliphatic rings. The zero-order chi connectivity index (χ0) is 17.9. The molecule has 2 rings (SSSR count). The minimum absolute atomic E-state index is 0.136. The van der Waals surface area contributed by atoms with Crippen molar-refractivity contribution in [1.82, 2.24) is 0 Å². The fraction of sp³-hybridized carbons (Fsp3) is 0.118. The number of aromatic carboxylic acids is 2. The van der Waals surface area contributed by atoms with Crippen molar-refractivity contribution in [2.45, 2.75) is 0 Å². The molecule has 0 aliphatic heterocycles. The number of carboxylic acid groups (broad SMARTS) is 2. The van der Waals surface area contributed by atoms with Crippen molar-refractivity contribution < 1.29 is 34.1 Å². The number of ketones is 1. The molecule has 0 saturated carbocycles. The first kappa shape index (κ1) is 17.0. The highest BCUT2D eigenvalue weighted by Crippen LogP contribution is 2.30. The van der Waals surface area contributed by atoms with Gasteiger partial charge in [-0.1, -0.05) is 12.1 Å². The van der Waals surface area contributed by atoms with Gasteiger partial charge in [-0.2, -0.15) is 0 Å². The van der Waals surface area contributed by atoms with E-state index in [-0.39, 0.29) is 28.2 Å². The molecule has 0 radical (unpaired) electrons. The van der Waals surface area contributed by atoms with E-state index < -0.39 is 23.3 Å². The maximum Gasteiger partial charge on any atom is 0.336 e. The predicted molar refractivity (Wildman–Crippen MR) is 83.3 cm³/mol.